The number of benzene rings is 1. The van der Waals surface area contributed by atoms with Gasteiger partial charge in [-0.25, -0.2) is 13.1 Å². The number of rotatable bonds is 5. The lowest BCUT2D eigenvalue weighted by molar-refractivity contribution is 0.595. The lowest BCUT2D eigenvalue weighted by Crippen LogP contribution is -2.22. The number of nitrogens with one attached hydrogen (secondary N) is 1. The van der Waals surface area contributed by atoms with Crippen LogP contribution in [0.1, 0.15) is 5.56 Å². The second-order valence-corrected chi connectivity index (χ2v) is 5.87. The summed E-state index contributed by atoms with van der Waals surface area (Å²) < 4.78 is 25.9. The first-order chi connectivity index (χ1) is 7.49. The summed E-state index contributed by atoms with van der Waals surface area (Å²) in [6, 6.07) is 9.23. The van der Waals surface area contributed by atoms with Crippen LogP contribution in [0.2, 0.25) is 0 Å². The van der Waals surface area contributed by atoms with Crippen molar-refractivity contribution in [1.29, 1.82) is 0 Å². The summed E-state index contributed by atoms with van der Waals surface area (Å²) in [5, 5.41) is 1.14. The second-order valence-electron chi connectivity index (χ2n) is 3.10. The van der Waals surface area contributed by atoms with E-state index in [0.29, 0.717) is 4.48 Å². The van der Waals surface area contributed by atoms with Crippen LogP contribution < -0.4 is 4.72 Å². The molecule has 0 saturated heterocycles. The highest BCUT2D eigenvalue weighted by atomic mass is 79.9. The highest BCUT2D eigenvalue weighted by molar-refractivity contribution is 9.11. The van der Waals surface area contributed by atoms with Crippen molar-refractivity contribution >= 4 is 32.0 Å². The molecule has 0 bridgehead atoms. The zero-order valence-corrected chi connectivity index (χ0v) is 11.0. The molecule has 0 atom stereocenters. The van der Waals surface area contributed by atoms with E-state index in [-0.39, 0.29) is 6.54 Å². The Bertz CT molecular complexity index is 480. The summed E-state index contributed by atoms with van der Waals surface area (Å²) in [7, 11) is -3.40. The summed E-state index contributed by atoms with van der Waals surface area (Å²) in [5.74, 6) is 0. The van der Waals surface area contributed by atoms with Gasteiger partial charge in [-0.1, -0.05) is 52.8 Å². The number of sulfonamides is 1. The molecule has 0 fully saturated rings. The van der Waals surface area contributed by atoms with Crippen molar-refractivity contribution in [3.63, 3.8) is 0 Å². The average Bonchev–Trinajstić information content (AvgIpc) is 2.26. The summed E-state index contributed by atoms with van der Waals surface area (Å²) in [5.41, 5.74) is 0.838. The van der Waals surface area contributed by atoms with Gasteiger partial charge in [0.2, 0.25) is 10.0 Å². The van der Waals surface area contributed by atoms with Crippen molar-refractivity contribution in [2.45, 2.75) is 0 Å². The predicted molar refractivity (Wildman–Crippen MR) is 70.5 cm³/mol. The normalized spacial score (nSPS) is 11.8. The van der Waals surface area contributed by atoms with E-state index in [1.54, 1.807) is 6.08 Å². The topological polar surface area (TPSA) is 46.2 Å². The molecular formula is C11H12BrNO2S. The van der Waals surface area contributed by atoms with E-state index < -0.39 is 10.0 Å². The molecular weight excluding hydrogens is 290 g/mol. The Balaban J connectivity index is 2.66. The van der Waals surface area contributed by atoms with Crippen LogP contribution in [0.15, 0.2) is 46.8 Å². The van der Waals surface area contributed by atoms with Crippen LogP contribution in [0, 0.1) is 0 Å². The average molecular weight is 302 g/mol. The predicted octanol–water partition coefficient (Wildman–Crippen LogP) is 2.49. The van der Waals surface area contributed by atoms with Gasteiger partial charge in [-0.2, -0.15) is 0 Å². The molecule has 5 heteroatoms. The Morgan fingerprint density at radius 3 is 2.56 bits per heavy atom. The number of hydrogen-bond acceptors (Lipinski definition) is 2. The minimum absolute atomic E-state index is 0.182. The number of hydrogen-bond donors (Lipinski definition) is 1. The zero-order chi connectivity index (χ0) is 12.0. The minimum atomic E-state index is -3.40. The molecule has 0 amide bonds. The van der Waals surface area contributed by atoms with Gasteiger partial charge >= 0.3 is 0 Å². The van der Waals surface area contributed by atoms with Gasteiger partial charge < -0.3 is 0 Å². The van der Waals surface area contributed by atoms with Crippen molar-refractivity contribution in [1.82, 2.24) is 4.72 Å². The van der Waals surface area contributed by atoms with Crippen molar-refractivity contribution in [2.75, 3.05) is 6.54 Å². The maximum atomic E-state index is 11.4. The highest BCUT2D eigenvalue weighted by Crippen LogP contribution is 2.03. The van der Waals surface area contributed by atoms with Crippen LogP contribution in [0.4, 0.5) is 0 Å². The molecule has 0 aliphatic heterocycles. The lowest BCUT2D eigenvalue weighted by Gasteiger charge is -2.00. The first-order valence-corrected chi connectivity index (χ1v) is 6.89. The van der Waals surface area contributed by atoms with Gasteiger partial charge in [-0.15, -0.1) is 0 Å². The standard InChI is InChI=1S/C11H12BrNO2S/c1-10(12)9-13-16(14,15)8-7-11-5-3-2-4-6-11/h2-8,13H,1,9H2/b8-7+. The van der Waals surface area contributed by atoms with Crippen molar-refractivity contribution in [2.24, 2.45) is 0 Å². The largest absolute Gasteiger partial charge is 0.234 e. The van der Waals surface area contributed by atoms with Crippen LogP contribution in [0.25, 0.3) is 6.08 Å². The van der Waals surface area contributed by atoms with Gasteiger partial charge in [0.1, 0.15) is 0 Å². The molecule has 1 rings (SSSR count). The SMILES string of the molecule is C=C(Br)CNS(=O)(=O)/C=C/c1ccccc1. The molecule has 0 heterocycles. The fraction of sp³-hybridized carbons (Fsp3) is 0.0909. The molecule has 0 aliphatic carbocycles. The van der Waals surface area contributed by atoms with E-state index in [2.05, 4.69) is 27.2 Å². The summed E-state index contributed by atoms with van der Waals surface area (Å²) in [4.78, 5) is 0. The van der Waals surface area contributed by atoms with E-state index in [1.807, 2.05) is 30.3 Å². The second kappa shape index (κ2) is 5.98. The zero-order valence-electron chi connectivity index (χ0n) is 8.56. The first kappa shape index (κ1) is 13.2. The third-order valence-corrected chi connectivity index (χ3v) is 3.03. The monoisotopic (exact) mass is 301 g/mol. The van der Waals surface area contributed by atoms with E-state index >= 15 is 0 Å². The first-order valence-electron chi connectivity index (χ1n) is 4.56. The van der Waals surface area contributed by atoms with Crippen LogP contribution in [0.3, 0.4) is 0 Å². The maximum absolute atomic E-state index is 11.4. The lowest BCUT2D eigenvalue weighted by atomic mass is 10.2. The molecule has 0 saturated carbocycles. The summed E-state index contributed by atoms with van der Waals surface area (Å²) in [6.07, 6.45) is 1.54. The molecule has 16 heavy (non-hydrogen) atoms. The Labute approximate surface area is 104 Å². The molecule has 1 aromatic rings. The number of halogens is 1. The van der Waals surface area contributed by atoms with Crippen molar-refractivity contribution in [3.05, 3.63) is 52.4 Å². The Hall–Kier alpha value is -0.910. The minimum Gasteiger partial charge on any atom is -0.208 e. The molecule has 3 nitrogen and oxygen atoms in total. The molecule has 0 aliphatic rings. The summed E-state index contributed by atoms with van der Waals surface area (Å²) >= 11 is 3.08. The fourth-order valence-electron chi connectivity index (χ4n) is 0.959. The van der Waals surface area contributed by atoms with E-state index in [1.165, 1.54) is 0 Å². The molecule has 86 valence electrons. The maximum Gasteiger partial charge on any atom is 0.234 e. The van der Waals surface area contributed by atoms with E-state index in [0.717, 1.165) is 11.0 Å². The quantitative estimate of drug-likeness (QED) is 0.908. The Morgan fingerprint density at radius 2 is 2.00 bits per heavy atom. The summed E-state index contributed by atoms with van der Waals surface area (Å²) in [6.45, 7) is 3.72. The fourth-order valence-corrected chi connectivity index (χ4v) is 2.09. The van der Waals surface area contributed by atoms with Crippen LogP contribution in [0.5, 0.6) is 0 Å². The van der Waals surface area contributed by atoms with Gasteiger partial charge in [0, 0.05) is 16.4 Å². The van der Waals surface area contributed by atoms with Gasteiger partial charge in [0.25, 0.3) is 0 Å². The van der Waals surface area contributed by atoms with E-state index in [4.69, 9.17) is 0 Å². The Kier molecular flexibility index (Phi) is 4.92. The van der Waals surface area contributed by atoms with Gasteiger partial charge in [-0.05, 0) is 11.6 Å². The third kappa shape index (κ3) is 5.25. The van der Waals surface area contributed by atoms with Gasteiger partial charge in [0.15, 0.2) is 0 Å². The van der Waals surface area contributed by atoms with Crippen LogP contribution in [-0.2, 0) is 10.0 Å². The Morgan fingerprint density at radius 1 is 1.38 bits per heavy atom. The highest BCUT2D eigenvalue weighted by Gasteiger charge is 2.03. The van der Waals surface area contributed by atoms with Gasteiger partial charge in [-0.3, -0.25) is 0 Å². The molecule has 0 unspecified atom stereocenters. The van der Waals surface area contributed by atoms with Crippen LogP contribution in [-0.4, -0.2) is 15.0 Å². The molecule has 1 N–H and O–H groups in total. The smallest absolute Gasteiger partial charge is 0.208 e. The molecule has 0 radical (unpaired) electrons. The van der Waals surface area contributed by atoms with E-state index in [9.17, 15) is 8.42 Å². The molecule has 0 aromatic heterocycles. The molecule has 1 aromatic carbocycles. The molecule has 0 spiro atoms. The van der Waals surface area contributed by atoms with Crippen molar-refractivity contribution in [3.8, 4) is 0 Å². The third-order valence-electron chi connectivity index (χ3n) is 1.70. The van der Waals surface area contributed by atoms with Gasteiger partial charge in [0.05, 0.1) is 0 Å². The van der Waals surface area contributed by atoms with Crippen molar-refractivity contribution < 1.29 is 8.42 Å². The van der Waals surface area contributed by atoms with Crippen LogP contribution >= 0.6 is 15.9 Å².